The SMILES string of the molecule is FC(F)(F)c1ccc(CNc2ncnc3ccc(C(c4ccc(Cl)cc4)c4ccc(Cl)cc4)cc23)cc1. The molecular formula is C29H20Cl2F3N3. The molecule has 0 saturated carbocycles. The summed E-state index contributed by atoms with van der Waals surface area (Å²) in [7, 11) is 0. The first kappa shape index (κ1) is 25.1. The molecular weight excluding hydrogens is 518 g/mol. The third-order valence-electron chi connectivity index (χ3n) is 6.14. The van der Waals surface area contributed by atoms with Gasteiger partial charge in [-0.05, 0) is 70.8 Å². The fourth-order valence-corrected chi connectivity index (χ4v) is 4.53. The molecule has 1 heterocycles. The molecule has 0 amide bonds. The molecule has 186 valence electrons. The number of nitrogens with zero attached hydrogens (tertiary/aromatic N) is 2. The highest BCUT2D eigenvalue weighted by Crippen LogP contribution is 2.35. The van der Waals surface area contributed by atoms with Crippen LogP contribution in [0.1, 0.15) is 33.7 Å². The predicted molar refractivity (Wildman–Crippen MR) is 142 cm³/mol. The van der Waals surface area contributed by atoms with Gasteiger partial charge in [0.15, 0.2) is 0 Å². The molecule has 3 nitrogen and oxygen atoms in total. The van der Waals surface area contributed by atoms with Crippen LogP contribution < -0.4 is 5.32 Å². The minimum atomic E-state index is -4.37. The van der Waals surface area contributed by atoms with Crippen LogP contribution in [0, 0.1) is 0 Å². The van der Waals surface area contributed by atoms with Gasteiger partial charge in [-0.2, -0.15) is 13.2 Å². The van der Waals surface area contributed by atoms with E-state index in [9.17, 15) is 13.2 Å². The highest BCUT2D eigenvalue weighted by Gasteiger charge is 2.29. The topological polar surface area (TPSA) is 37.8 Å². The maximum absolute atomic E-state index is 12.9. The number of aromatic nitrogens is 2. The minimum Gasteiger partial charge on any atom is -0.365 e. The molecule has 1 aromatic heterocycles. The summed E-state index contributed by atoms with van der Waals surface area (Å²) in [5, 5.41) is 5.37. The van der Waals surface area contributed by atoms with Crippen LogP contribution >= 0.6 is 23.2 Å². The minimum absolute atomic E-state index is 0.0955. The Morgan fingerprint density at radius 3 is 1.84 bits per heavy atom. The second-order valence-electron chi connectivity index (χ2n) is 8.58. The van der Waals surface area contributed by atoms with Crippen molar-refractivity contribution < 1.29 is 13.2 Å². The van der Waals surface area contributed by atoms with Gasteiger partial charge in [0, 0.05) is 27.9 Å². The average Bonchev–Trinajstić information content (AvgIpc) is 2.89. The summed E-state index contributed by atoms with van der Waals surface area (Å²) in [5.74, 6) is 0.500. The van der Waals surface area contributed by atoms with Crippen LogP contribution in [0.2, 0.25) is 10.0 Å². The molecule has 5 aromatic rings. The van der Waals surface area contributed by atoms with Crippen molar-refractivity contribution in [3.63, 3.8) is 0 Å². The van der Waals surface area contributed by atoms with E-state index < -0.39 is 11.7 Å². The summed E-state index contributed by atoms with van der Waals surface area (Å²) >= 11 is 12.3. The Labute approximate surface area is 221 Å². The van der Waals surface area contributed by atoms with E-state index in [-0.39, 0.29) is 5.92 Å². The normalized spacial score (nSPS) is 11.7. The first-order chi connectivity index (χ1) is 17.8. The lowest BCUT2D eigenvalue weighted by Crippen LogP contribution is -2.07. The van der Waals surface area contributed by atoms with Gasteiger partial charge in [0.25, 0.3) is 0 Å². The summed E-state index contributed by atoms with van der Waals surface area (Å²) in [5.41, 5.74) is 3.91. The van der Waals surface area contributed by atoms with Crippen molar-refractivity contribution in [2.45, 2.75) is 18.6 Å². The Morgan fingerprint density at radius 1 is 0.703 bits per heavy atom. The summed E-state index contributed by atoms with van der Waals surface area (Å²) in [6, 6.07) is 26.5. The molecule has 0 aliphatic carbocycles. The van der Waals surface area contributed by atoms with Crippen LogP contribution in [-0.2, 0) is 12.7 Å². The molecule has 0 radical (unpaired) electrons. The zero-order valence-corrected chi connectivity index (χ0v) is 20.8. The third kappa shape index (κ3) is 5.71. The van der Waals surface area contributed by atoms with Gasteiger partial charge in [-0.25, -0.2) is 9.97 Å². The van der Waals surface area contributed by atoms with E-state index in [1.165, 1.54) is 18.5 Å². The molecule has 0 spiro atoms. The van der Waals surface area contributed by atoms with Gasteiger partial charge in [-0.3, -0.25) is 0 Å². The standard InChI is InChI=1S/C29H20Cl2F3N3/c30-23-10-3-19(4-11-23)27(20-5-12-24(31)13-6-20)21-7-14-26-25(15-21)28(37-17-36-26)35-16-18-1-8-22(9-2-18)29(32,33)34/h1-15,17,27H,16H2,(H,35,36,37). The van der Waals surface area contributed by atoms with Crippen molar-refractivity contribution >= 4 is 39.9 Å². The predicted octanol–water partition coefficient (Wildman–Crippen LogP) is 8.75. The molecule has 0 aliphatic rings. The molecule has 1 N–H and O–H groups in total. The first-order valence-electron chi connectivity index (χ1n) is 11.4. The van der Waals surface area contributed by atoms with Crippen molar-refractivity contribution in [3.8, 4) is 0 Å². The largest absolute Gasteiger partial charge is 0.416 e. The number of fused-ring (bicyclic) bond motifs is 1. The van der Waals surface area contributed by atoms with Gasteiger partial charge in [0.2, 0.25) is 0 Å². The van der Waals surface area contributed by atoms with Crippen molar-refractivity contribution in [3.05, 3.63) is 135 Å². The van der Waals surface area contributed by atoms with Gasteiger partial charge in [0.05, 0.1) is 11.1 Å². The van der Waals surface area contributed by atoms with Crippen LogP contribution in [0.3, 0.4) is 0 Å². The Kier molecular flexibility index (Phi) is 7.04. The summed E-state index contributed by atoms with van der Waals surface area (Å²) in [6.45, 7) is 0.312. The summed E-state index contributed by atoms with van der Waals surface area (Å²) in [6.07, 6.45) is -2.90. The van der Waals surface area contributed by atoms with Crippen LogP contribution in [0.25, 0.3) is 10.9 Å². The van der Waals surface area contributed by atoms with E-state index >= 15 is 0 Å². The van der Waals surface area contributed by atoms with Crippen LogP contribution in [0.4, 0.5) is 19.0 Å². The van der Waals surface area contributed by atoms with Crippen molar-refractivity contribution in [2.75, 3.05) is 5.32 Å². The molecule has 4 aromatic carbocycles. The van der Waals surface area contributed by atoms with Crippen molar-refractivity contribution in [1.29, 1.82) is 0 Å². The first-order valence-corrected chi connectivity index (χ1v) is 12.2. The van der Waals surface area contributed by atoms with E-state index in [1.54, 1.807) is 0 Å². The highest BCUT2D eigenvalue weighted by atomic mass is 35.5. The Balaban J connectivity index is 1.50. The molecule has 5 rings (SSSR count). The van der Waals surface area contributed by atoms with Crippen molar-refractivity contribution in [1.82, 2.24) is 9.97 Å². The molecule has 0 fully saturated rings. The van der Waals surface area contributed by atoms with E-state index in [2.05, 4.69) is 15.3 Å². The van der Waals surface area contributed by atoms with Gasteiger partial charge < -0.3 is 5.32 Å². The van der Waals surface area contributed by atoms with E-state index in [1.807, 2.05) is 66.7 Å². The van der Waals surface area contributed by atoms with E-state index in [0.29, 0.717) is 28.0 Å². The molecule has 0 aliphatic heterocycles. The second kappa shape index (κ2) is 10.4. The van der Waals surface area contributed by atoms with Gasteiger partial charge in [-0.15, -0.1) is 0 Å². The lowest BCUT2D eigenvalue weighted by molar-refractivity contribution is -0.137. The highest BCUT2D eigenvalue weighted by molar-refractivity contribution is 6.30. The Bertz CT molecular complexity index is 1470. The van der Waals surface area contributed by atoms with Crippen LogP contribution in [0.5, 0.6) is 0 Å². The monoisotopic (exact) mass is 537 g/mol. The lowest BCUT2D eigenvalue weighted by Gasteiger charge is -2.20. The van der Waals surface area contributed by atoms with Crippen molar-refractivity contribution in [2.24, 2.45) is 0 Å². The number of halogens is 5. The second-order valence-corrected chi connectivity index (χ2v) is 9.46. The molecule has 37 heavy (non-hydrogen) atoms. The number of anilines is 1. The number of nitrogens with one attached hydrogen (secondary N) is 1. The van der Waals surface area contributed by atoms with E-state index in [4.69, 9.17) is 23.2 Å². The number of rotatable bonds is 6. The average molecular weight is 538 g/mol. The number of hydrogen-bond acceptors (Lipinski definition) is 3. The molecule has 0 saturated heterocycles. The zero-order chi connectivity index (χ0) is 26.0. The number of hydrogen-bond donors (Lipinski definition) is 1. The lowest BCUT2D eigenvalue weighted by atomic mass is 9.85. The Hall–Kier alpha value is -3.61. The van der Waals surface area contributed by atoms with Crippen LogP contribution in [-0.4, -0.2) is 9.97 Å². The smallest absolute Gasteiger partial charge is 0.365 e. The molecule has 8 heteroatoms. The Morgan fingerprint density at radius 2 is 1.27 bits per heavy atom. The van der Waals surface area contributed by atoms with Gasteiger partial charge >= 0.3 is 6.18 Å². The molecule has 0 unspecified atom stereocenters. The molecule has 0 atom stereocenters. The number of benzene rings is 4. The zero-order valence-electron chi connectivity index (χ0n) is 19.3. The quantitative estimate of drug-likeness (QED) is 0.220. The maximum Gasteiger partial charge on any atom is 0.416 e. The third-order valence-corrected chi connectivity index (χ3v) is 6.64. The molecule has 0 bridgehead atoms. The number of alkyl halides is 3. The van der Waals surface area contributed by atoms with E-state index in [0.717, 1.165) is 39.7 Å². The van der Waals surface area contributed by atoms with Gasteiger partial charge in [0.1, 0.15) is 12.1 Å². The van der Waals surface area contributed by atoms with Gasteiger partial charge in [-0.1, -0.05) is 65.7 Å². The maximum atomic E-state index is 12.9. The fourth-order valence-electron chi connectivity index (χ4n) is 4.28. The summed E-state index contributed by atoms with van der Waals surface area (Å²) in [4.78, 5) is 8.80. The van der Waals surface area contributed by atoms with Crippen LogP contribution in [0.15, 0.2) is 97.3 Å². The fraction of sp³-hybridized carbons (Fsp3) is 0.103. The summed E-state index contributed by atoms with van der Waals surface area (Å²) < 4.78 is 38.7.